The van der Waals surface area contributed by atoms with E-state index in [0.29, 0.717) is 24.5 Å². The average molecular weight is 434 g/mol. The number of carbonyl (C=O) groups excluding carboxylic acids is 1. The molecule has 2 unspecified atom stereocenters. The van der Waals surface area contributed by atoms with Crippen molar-refractivity contribution in [1.82, 2.24) is 4.90 Å². The van der Waals surface area contributed by atoms with Gasteiger partial charge in [0.2, 0.25) is 0 Å². The van der Waals surface area contributed by atoms with Crippen LogP contribution in [0.1, 0.15) is 28.9 Å². The van der Waals surface area contributed by atoms with Crippen molar-refractivity contribution in [2.45, 2.75) is 19.1 Å². The number of ether oxygens (including phenoxy) is 2. The van der Waals surface area contributed by atoms with Gasteiger partial charge in [0.15, 0.2) is 5.78 Å². The zero-order chi connectivity index (χ0) is 19.2. The number of morpholine rings is 1. The third kappa shape index (κ3) is 5.87. The first-order valence-corrected chi connectivity index (χ1v) is 9.82. The molecule has 1 N–H and O–H groups in total. The molecule has 3 rings (SSSR count). The molecular weight excluding hydrogens is 410 g/mol. The van der Waals surface area contributed by atoms with E-state index in [1.807, 2.05) is 12.1 Å². The Hall–Kier alpha value is -1.73. The largest absolute Gasteiger partial charge is 0.491 e. The Bertz CT molecular complexity index is 748. The smallest absolute Gasteiger partial charge is 0.159 e. The number of aliphatic hydroxyl groups excluding tert-OH is 1. The summed E-state index contributed by atoms with van der Waals surface area (Å²) in [4.78, 5) is 13.5. The number of rotatable bonds is 7. The minimum absolute atomic E-state index is 0.0130. The van der Waals surface area contributed by atoms with Crippen molar-refractivity contribution in [2.24, 2.45) is 0 Å². The first-order chi connectivity index (χ1) is 13.0. The monoisotopic (exact) mass is 433 g/mol. The van der Waals surface area contributed by atoms with Gasteiger partial charge in [0, 0.05) is 29.7 Å². The van der Waals surface area contributed by atoms with Crippen LogP contribution in [-0.2, 0) is 4.74 Å². The predicted octanol–water partition coefficient (Wildman–Crippen LogP) is 3.46. The Balaban J connectivity index is 1.47. The number of Topliss-reactive ketones (excluding diaryl/α,β-unsaturated/α-hetero) is 1. The molecule has 1 heterocycles. The van der Waals surface area contributed by atoms with Gasteiger partial charge in [-0.2, -0.15) is 0 Å². The van der Waals surface area contributed by atoms with E-state index < -0.39 is 6.10 Å². The molecule has 1 saturated heterocycles. The minimum Gasteiger partial charge on any atom is -0.491 e. The molecule has 144 valence electrons. The van der Waals surface area contributed by atoms with Crippen LogP contribution in [0.15, 0.2) is 53.0 Å². The number of benzene rings is 2. The summed E-state index contributed by atoms with van der Waals surface area (Å²) in [6.07, 6.45) is -0.583. The van der Waals surface area contributed by atoms with Crippen LogP contribution < -0.4 is 4.74 Å². The summed E-state index contributed by atoms with van der Waals surface area (Å²) < 4.78 is 12.6. The summed E-state index contributed by atoms with van der Waals surface area (Å²) in [5, 5.41) is 10.3. The van der Waals surface area contributed by atoms with Gasteiger partial charge in [-0.15, -0.1) is 0 Å². The van der Waals surface area contributed by atoms with Crippen LogP contribution in [-0.4, -0.2) is 54.7 Å². The number of ketones is 1. The van der Waals surface area contributed by atoms with Crippen LogP contribution in [0.2, 0.25) is 0 Å². The standard InChI is InChI=1S/C21H24BrNO4/c1-15(24)16-4-8-20(9-5-16)27-14-19(25)12-23-10-11-26-21(13-23)17-2-6-18(22)7-3-17/h2-9,19,21,25H,10-14H2,1H3. The maximum atomic E-state index is 11.3. The Morgan fingerprint density at radius 2 is 1.96 bits per heavy atom. The van der Waals surface area contributed by atoms with Crippen molar-refractivity contribution in [2.75, 3.05) is 32.8 Å². The lowest BCUT2D eigenvalue weighted by molar-refractivity contribution is -0.0459. The number of aliphatic hydroxyl groups is 1. The van der Waals surface area contributed by atoms with E-state index in [4.69, 9.17) is 9.47 Å². The Labute approximate surface area is 168 Å². The highest BCUT2D eigenvalue weighted by molar-refractivity contribution is 9.10. The first kappa shape index (κ1) is 20.0. The Morgan fingerprint density at radius 1 is 1.26 bits per heavy atom. The first-order valence-electron chi connectivity index (χ1n) is 9.02. The van der Waals surface area contributed by atoms with E-state index in [0.717, 1.165) is 23.1 Å². The summed E-state index contributed by atoms with van der Waals surface area (Å²) >= 11 is 3.45. The lowest BCUT2D eigenvalue weighted by Crippen LogP contribution is -2.43. The predicted molar refractivity (Wildman–Crippen MR) is 107 cm³/mol. The second-order valence-corrected chi connectivity index (χ2v) is 7.63. The van der Waals surface area contributed by atoms with Gasteiger partial charge in [-0.25, -0.2) is 0 Å². The summed E-state index contributed by atoms with van der Waals surface area (Å²) in [7, 11) is 0. The van der Waals surface area contributed by atoms with Gasteiger partial charge in [0.1, 0.15) is 18.5 Å². The van der Waals surface area contributed by atoms with E-state index >= 15 is 0 Å². The molecule has 0 spiro atoms. The fourth-order valence-corrected chi connectivity index (χ4v) is 3.34. The van der Waals surface area contributed by atoms with Gasteiger partial charge in [-0.05, 0) is 48.9 Å². The van der Waals surface area contributed by atoms with Gasteiger partial charge in [0.25, 0.3) is 0 Å². The molecule has 27 heavy (non-hydrogen) atoms. The lowest BCUT2D eigenvalue weighted by atomic mass is 10.1. The zero-order valence-corrected chi connectivity index (χ0v) is 16.9. The third-order valence-electron chi connectivity index (χ3n) is 4.56. The highest BCUT2D eigenvalue weighted by Gasteiger charge is 2.23. The molecule has 0 aromatic heterocycles. The maximum absolute atomic E-state index is 11.3. The highest BCUT2D eigenvalue weighted by Crippen LogP contribution is 2.24. The van der Waals surface area contributed by atoms with Crippen molar-refractivity contribution in [1.29, 1.82) is 0 Å². The van der Waals surface area contributed by atoms with E-state index in [9.17, 15) is 9.90 Å². The van der Waals surface area contributed by atoms with Crippen LogP contribution in [0.25, 0.3) is 0 Å². The molecule has 0 saturated carbocycles. The number of halogens is 1. The minimum atomic E-state index is -0.596. The lowest BCUT2D eigenvalue weighted by Gasteiger charge is -2.34. The second-order valence-electron chi connectivity index (χ2n) is 6.72. The number of hydrogen-bond acceptors (Lipinski definition) is 5. The topological polar surface area (TPSA) is 59.0 Å². The van der Waals surface area contributed by atoms with Crippen molar-refractivity contribution in [3.05, 3.63) is 64.1 Å². The maximum Gasteiger partial charge on any atom is 0.159 e. The van der Waals surface area contributed by atoms with Crippen molar-refractivity contribution in [3.8, 4) is 5.75 Å². The molecule has 0 amide bonds. The highest BCUT2D eigenvalue weighted by atomic mass is 79.9. The number of nitrogens with zero attached hydrogens (tertiary/aromatic N) is 1. The summed E-state index contributed by atoms with van der Waals surface area (Å²) in [6, 6.07) is 15.1. The number of β-amino-alcohol motifs (C(OH)–C–C–N with tert-alkyl or cyclic N) is 1. The molecule has 2 aromatic carbocycles. The molecule has 6 heteroatoms. The van der Waals surface area contributed by atoms with E-state index in [2.05, 4.69) is 33.0 Å². The van der Waals surface area contributed by atoms with Crippen molar-refractivity contribution in [3.63, 3.8) is 0 Å². The van der Waals surface area contributed by atoms with E-state index in [-0.39, 0.29) is 18.5 Å². The van der Waals surface area contributed by atoms with Gasteiger partial charge in [-0.3, -0.25) is 9.69 Å². The molecule has 0 bridgehead atoms. The summed E-state index contributed by atoms with van der Waals surface area (Å²) in [6.45, 7) is 4.44. The van der Waals surface area contributed by atoms with E-state index in [1.54, 1.807) is 24.3 Å². The molecule has 2 atom stereocenters. The summed E-state index contributed by atoms with van der Waals surface area (Å²) in [5.41, 5.74) is 1.79. The van der Waals surface area contributed by atoms with Gasteiger partial charge in [-0.1, -0.05) is 28.1 Å². The Morgan fingerprint density at radius 3 is 2.63 bits per heavy atom. The SMILES string of the molecule is CC(=O)c1ccc(OCC(O)CN2CCOC(c3ccc(Br)cc3)C2)cc1. The fraction of sp³-hybridized carbons (Fsp3) is 0.381. The quantitative estimate of drug-likeness (QED) is 0.677. The molecule has 1 aliphatic rings. The van der Waals surface area contributed by atoms with Crippen LogP contribution in [0.4, 0.5) is 0 Å². The zero-order valence-electron chi connectivity index (χ0n) is 15.3. The van der Waals surface area contributed by atoms with Gasteiger partial charge < -0.3 is 14.6 Å². The summed E-state index contributed by atoms with van der Waals surface area (Å²) in [5.74, 6) is 0.669. The average Bonchev–Trinajstić information content (AvgIpc) is 2.67. The van der Waals surface area contributed by atoms with Crippen molar-refractivity contribution >= 4 is 21.7 Å². The molecule has 0 radical (unpaired) electrons. The Kier molecular flexibility index (Phi) is 7.01. The third-order valence-corrected chi connectivity index (χ3v) is 5.09. The van der Waals surface area contributed by atoms with E-state index in [1.165, 1.54) is 6.92 Å². The normalized spacial score (nSPS) is 18.9. The van der Waals surface area contributed by atoms with Gasteiger partial charge >= 0.3 is 0 Å². The molecule has 5 nitrogen and oxygen atoms in total. The van der Waals surface area contributed by atoms with Crippen LogP contribution >= 0.6 is 15.9 Å². The number of hydrogen-bond donors (Lipinski definition) is 1. The fourth-order valence-electron chi connectivity index (χ4n) is 3.08. The van der Waals surface area contributed by atoms with Crippen LogP contribution in [0.3, 0.4) is 0 Å². The molecule has 1 aliphatic heterocycles. The molecule has 2 aromatic rings. The van der Waals surface area contributed by atoms with Crippen LogP contribution in [0, 0.1) is 0 Å². The number of carbonyl (C=O) groups is 1. The van der Waals surface area contributed by atoms with Gasteiger partial charge in [0.05, 0.1) is 12.7 Å². The van der Waals surface area contributed by atoms with Crippen molar-refractivity contribution < 1.29 is 19.4 Å². The van der Waals surface area contributed by atoms with Crippen LogP contribution in [0.5, 0.6) is 5.75 Å². The molecule has 1 fully saturated rings. The molecule has 0 aliphatic carbocycles. The molecular formula is C21H24BrNO4. The second kappa shape index (κ2) is 9.46.